The average Bonchev–Trinajstić information content (AvgIpc) is 2.22. The molecule has 86 valence electrons. The predicted octanol–water partition coefficient (Wildman–Crippen LogP) is 2.41. The molecule has 0 aliphatic rings. The van der Waals surface area contributed by atoms with Gasteiger partial charge in [0.25, 0.3) is 0 Å². The predicted molar refractivity (Wildman–Crippen MR) is 66.5 cm³/mol. The van der Waals surface area contributed by atoms with Gasteiger partial charge in [-0.2, -0.15) is 5.26 Å². The van der Waals surface area contributed by atoms with Crippen molar-refractivity contribution in [3.63, 3.8) is 0 Å². The maximum atomic E-state index is 11.6. The van der Waals surface area contributed by atoms with Crippen molar-refractivity contribution in [1.29, 1.82) is 5.26 Å². The minimum Gasteiger partial charge on any atom is -0.281 e. The molecule has 0 radical (unpaired) electrons. The van der Waals surface area contributed by atoms with Crippen LogP contribution in [0.15, 0.2) is 22.7 Å². The zero-order chi connectivity index (χ0) is 12.3. The molecule has 0 spiro atoms. The number of aryl methyl sites for hydroxylation is 1. The molecule has 0 amide bonds. The molecule has 1 unspecified atom stereocenters. The Bertz CT molecular complexity index is 534. The van der Waals surface area contributed by atoms with Crippen LogP contribution in [0.1, 0.15) is 12.5 Å². The molecule has 0 aromatic heterocycles. The SMILES string of the molecule is Cc1ccc(Br)c(NS(=O)(=O)C(C)C#N)c1. The van der Waals surface area contributed by atoms with Gasteiger partial charge in [0, 0.05) is 4.47 Å². The molecular formula is C10H11BrN2O2S. The zero-order valence-corrected chi connectivity index (χ0v) is 11.3. The van der Waals surface area contributed by atoms with E-state index in [1.54, 1.807) is 18.2 Å². The van der Waals surface area contributed by atoms with Crippen LogP contribution < -0.4 is 4.72 Å². The van der Waals surface area contributed by atoms with E-state index in [1.807, 2.05) is 13.0 Å². The third-order valence-corrected chi connectivity index (χ3v) is 4.25. The highest BCUT2D eigenvalue weighted by Gasteiger charge is 2.20. The number of nitrogens with one attached hydrogen (secondary N) is 1. The Kier molecular flexibility index (Phi) is 3.94. The molecular weight excluding hydrogens is 292 g/mol. The minimum absolute atomic E-state index is 0.446. The topological polar surface area (TPSA) is 70.0 Å². The number of nitrogens with zero attached hydrogens (tertiary/aromatic N) is 1. The fourth-order valence-electron chi connectivity index (χ4n) is 1.03. The molecule has 1 rings (SSSR count). The lowest BCUT2D eigenvalue weighted by molar-refractivity contribution is 0.597. The van der Waals surface area contributed by atoms with Gasteiger partial charge in [-0.05, 0) is 47.5 Å². The number of benzene rings is 1. The molecule has 1 aromatic rings. The molecule has 0 saturated carbocycles. The van der Waals surface area contributed by atoms with Crippen LogP contribution in [0, 0.1) is 18.3 Å². The lowest BCUT2D eigenvalue weighted by atomic mass is 10.2. The third kappa shape index (κ3) is 2.97. The Morgan fingerprint density at radius 2 is 2.12 bits per heavy atom. The number of sulfonamides is 1. The van der Waals surface area contributed by atoms with Gasteiger partial charge >= 0.3 is 0 Å². The summed E-state index contributed by atoms with van der Waals surface area (Å²) in [6.45, 7) is 3.20. The highest BCUT2D eigenvalue weighted by Crippen LogP contribution is 2.24. The first-order chi connectivity index (χ1) is 7.36. The van der Waals surface area contributed by atoms with Crippen LogP contribution in [0.2, 0.25) is 0 Å². The van der Waals surface area contributed by atoms with E-state index >= 15 is 0 Å². The molecule has 0 bridgehead atoms. The number of nitriles is 1. The van der Waals surface area contributed by atoms with Gasteiger partial charge in [0.05, 0.1) is 11.8 Å². The Balaban J connectivity index is 3.07. The fraction of sp³-hybridized carbons (Fsp3) is 0.300. The Morgan fingerprint density at radius 3 is 2.69 bits per heavy atom. The number of anilines is 1. The largest absolute Gasteiger partial charge is 0.281 e. The van der Waals surface area contributed by atoms with E-state index in [2.05, 4.69) is 20.7 Å². The summed E-state index contributed by atoms with van der Waals surface area (Å²) in [4.78, 5) is 0. The monoisotopic (exact) mass is 302 g/mol. The number of hydrogen-bond acceptors (Lipinski definition) is 3. The van der Waals surface area contributed by atoms with Crippen LogP contribution in [0.5, 0.6) is 0 Å². The standard InChI is InChI=1S/C10H11BrN2O2S/c1-7-3-4-9(11)10(5-7)13-16(14,15)8(2)6-12/h3-5,8,13H,1-2H3. The van der Waals surface area contributed by atoms with Gasteiger partial charge in [-0.1, -0.05) is 6.07 Å². The normalized spacial score (nSPS) is 12.9. The molecule has 6 heteroatoms. The molecule has 0 heterocycles. The van der Waals surface area contributed by atoms with Crippen molar-refractivity contribution in [3.05, 3.63) is 28.2 Å². The third-order valence-electron chi connectivity index (χ3n) is 2.02. The molecule has 4 nitrogen and oxygen atoms in total. The van der Waals surface area contributed by atoms with E-state index < -0.39 is 15.3 Å². The average molecular weight is 303 g/mol. The first kappa shape index (κ1) is 13.0. The summed E-state index contributed by atoms with van der Waals surface area (Å²) in [5, 5.41) is 7.51. The molecule has 1 N–H and O–H groups in total. The van der Waals surface area contributed by atoms with Crippen molar-refractivity contribution < 1.29 is 8.42 Å². The van der Waals surface area contributed by atoms with Crippen molar-refractivity contribution in [3.8, 4) is 6.07 Å². The Hall–Kier alpha value is -1.06. The summed E-state index contributed by atoms with van der Waals surface area (Å²) in [6, 6.07) is 7.00. The van der Waals surface area contributed by atoms with Crippen LogP contribution in [0.25, 0.3) is 0 Å². The molecule has 0 aliphatic heterocycles. The van der Waals surface area contributed by atoms with E-state index in [4.69, 9.17) is 5.26 Å². The maximum absolute atomic E-state index is 11.6. The van der Waals surface area contributed by atoms with Gasteiger partial charge in [-0.3, -0.25) is 4.72 Å². The molecule has 0 fully saturated rings. The van der Waals surface area contributed by atoms with Crippen molar-refractivity contribution in [2.24, 2.45) is 0 Å². The van der Waals surface area contributed by atoms with Gasteiger partial charge in [0.15, 0.2) is 5.25 Å². The van der Waals surface area contributed by atoms with E-state index in [0.29, 0.717) is 10.2 Å². The van der Waals surface area contributed by atoms with Crippen LogP contribution in [0.3, 0.4) is 0 Å². The van der Waals surface area contributed by atoms with Crippen LogP contribution in [-0.4, -0.2) is 13.7 Å². The number of rotatable bonds is 3. The molecule has 0 saturated heterocycles. The number of halogens is 1. The first-order valence-electron chi connectivity index (χ1n) is 4.54. The van der Waals surface area contributed by atoms with E-state index in [-0.39, 0.29) is 0 Å². The van der Waals surface area contributed by atoms with Gasteiger partial charge in [-0.25, -0.2) is 8.42 Å². The summed E-state index contributed by atoms with van der Waals surface area (Å²) in [7, 11) is -3.64. The van der Waals surface area contributed by atoms with E-state index in [1.165, 1.54) is 6.92 Å². The van der Waals surface area contributed by atoms with Gasteiger partial charge in [0.2, 0.25) is 10.0 Å². The van der Waals surface area contributed by atoms with Crippen LogP contribution in [-0.2, 0) is 10.0 Å². The lowest BCUT2D eigenvalue weighted by Crippen LogP contribution is -2.24. The van der Waals surface area contributed by atoms with Gasteiger partial charge in [0.1, 0.15) is 0 Å². The van der Waals surface area contributed by atoms with E-state index in [9.17, 15) is 8.42 Å². The summed E-state index contributed by atoms with van der Waals surface area (Å²) < 4.78 is 26.3. The van der Waals surface area contributed by atoms with Gasteiger partial charge < -0.3 is 0 Å². The highest BCUT2D eigenvalue weighted by molar-refractivity contribution is 9.10. The first-order valence-corrected chi connectivity index (χ1v) is 6.88. The van der Waals surface area contributed by atoms with Gasteiger partial charge in [-0.15, -0.1) is 0 Å². The molecule has 1 atom stereocenters. The number of hydrogen-bond donors (Lipinski definition) is 1. The van der Waals surface area contributed by atoms with Crippen LogP contribution >= 0.6 is 15.9 Å². The minimum atomic E-state index is -3.64. The lowest BCUT2D eigenvalue weighted by Gasteiger charge is -2.11. The summed E-state index contributed by atoms with van der Waals surface area (Å²) in [6.07, 6.45) is 0. The van der Waals surface area contributed by atoms with Crippen molar-refractivity contribution in [2.45, 2.75) is 19.1 Å². The summed E-state index contributed by atoms with van der Waals surface area (Å²) in [5.74, 6) is 0. The second-order valence-corrected chi connectivity index (χ2v) is 6.26. The molecule has 0 aliphatic carbocycles. The maximum Gasteiger partial charge on any atom is 0.248 e. The fourth-order valence-corrected chi connectivity index (χ4v) is 2.30. The quantitative estimate of drug-likeness (QED) is 0.932. The van der Waals surface area contributed by atoms with E-state index in [0.717, 1.165) is 5.56 Å². The van der Waals surface area contributed by atoms with Crippen molar-refractivity contribution in [1.82, 2.24) is 0 Å². The summed E-state index contributed by atoms with van der Waals surface area (Å²) in [5.41, 5.74) is 1.38. The second kappa shape index (κ2) is 4.85. The zero-order valence-electron chi connectivity index (χ0n) is 8.86. The smallest absolute Gasteiger partial charge is 0.248 e. The second-order valence-electron chi connectivity index (χ2n) is 3.40. The van der Waals surface area contributed by atoms with Crippen LogP contribution in [0.4, 0.5) is 5.69 Å². The molecule has 16 heavy (non-hydrogen) atoms. The molecule has 1 aromatic carbocycles. The Labute approximate surface area is 103 Å². The van der Waals surface area contributed by atoms with Crippen molar-refractivity contribution >= 4 is 31.6 Å². The summed E-state index contributed by atoms with van der Waals surface area (Å²) >= 11 is 3.24. The highest BCUT2D eigenvalue weighted by atomic mass is 79.9. The van der Waals surface area contributed by atoms with Crippen molar-refractivity contribution in [2.75, 3.05) is 4.72 Å². The Morgan fingerprint density at radius 1 is 1.50 bits per heavy atom.